The number of aromatic nitrogens is 2. The maximum absolute atomic E-state index is 14.4. The second-order valence-electron chi connectivity index (χ2n) is 7.54. The Kier molecular flexibility index (Phi) is 5.02. The van der Waals surface area contributed by atoms with Crippen LogP contribution in [0.1, 0.15) is 38.5 Å². The molecule has 0 saturated heterocycles. The number of hydrogen-bond acceptors (Lipinski definition) is 5. The van der Waals surface area contributed by atoms with Crippen molar-refractivity contribution in [2.45, 2.75) is 50.6 Å². The van der Waals surface area contributed by atoms with Gasteiger partial charge in [-0.1, -0.05) is 6.07 Å². The van der Waals surface area contributed by atoms with E-state index in [0.717, 1.165) is 44.0 Å². The molecule has 0 radical (unpaired) electrons. The van der Waals surface area contributed by atoms with Crippen LogP contribution >= 0.6 is 0 Å². The van der Waals surface area contributed by atoms with Crippen LogP contribution in [0, 0.1) is 11.7 Å². The van der Waals surface area contributed by atoms with Crippen LogP contribution in [0.3, 0.4) is 0 Å². The van der Waals surface area contributed by atoms with E-state index in [2.05, 4.69) is 20.6 Å². The number of nitrogens with one attached hydrogen (secondary N) is 2. The highest BCUT2D eigenvalue weighted by Gasteiger charge is 2.21. The van der Waals surface area contributed by atoms with E-state index in [4.69, 9.17) is 5.73 Å². The Hall–Kier alpha value is -2.21. The normalized spacial score (nSPS) is 22.8. The maximum Gasteiger partial charge on any atom is 0.151 e. The van der Waals surface area contributed by atoms with Gasteiger partial charge in [0.1, 0.15) is 11.6 Å². The molecule has 0 aromatic carbocycles. The van der Waals surface area contributed by atoms with Crippen molar-refractivity contribution in [3.8, 4) is 11.3 Å². The summed E-state index contributed by atoms with van der Waals surface area (Å²) in [6, 6.07) is 8.09. The molecule has 0 amide bonds. The molecule has 0 bridgehead atoms. The van der Waals surface area contributed by atoms with Gasteiger partial charge in [-0.3, -0.25) is 0 Å². The van der Waals surface area contributed by atoms with Crippen molar-refractivity contribution >= 4 is 11.6 Å². The molecule has 2 fully saturated rings. The van der Waals surface area contributed by atoms with Crippen molar-refractivity contribution in [3.63, 3.8) is 0 Å². The molecule has 0 aliphatic heterocycles. The zero-order valence-electron chi connectivity index (χ0n) is 14.9. The summed E-state index contributed by atoms with van der Waals surface area (Å²) < 4.78 is 14.4. The van der Waals surface area contributed by atoms with Crippen molar-refractivity contribution in [1.82, 2.24) is 9.97 Å². The van der Waals surface area contributed by atoms with Gasteiger partial charge in [-0.15, -0.1) is 0 Å². The minimum atomic E-state index is -0.354. The van der Waals surface area contributed by atoms with Crippen LogP contribution < -0.4 is 16.4 Å². The smallest absolute Gasteiger partial charge is 0.151 e. The second kappa shape index (κ2) is 7.58. The average Bonchev–Trinajstić information content (AvgIpc) is 3.48. The fourth-order valence-electron chi connectivity index (χ4n) is 3.44. The fourth-order valence-corrected chi connectivity index (χ4v) is 3.44. The van der Waals surface area contributed by atoms with Gasteiger partial charge in [0.25, 0.3) is 0 Å². The molecule has 4 rings (SSSR count). The van der Waals surface area contributed by atoms with Crippen LogP contribution in [0.15, 0.2) is 30.5 Å². The summed E-state index contributed by atoms with van der Waals surface area (Å²) in [7, 11) is 0. The highest BCUT2D eigenvalue weighted by Crippen LogP contribution is 2.29. The van der Waals surface area contributed by atoms with E-state index in [9.17, 15) is 4.39 Å². The number of hydrogen-bond donors (Lipinski definition) is 3. The van der Waals surface area contributed by atoms with Gasteiger partial charge in [0.05, 0.1) is 11.9 Å². The van der Waals surface area contributed by atoms with Gasteiger partial charge < -0.3 is 16.4 Å². The molecule has 2 aliphatic rings. The zero-order chi connectivity index (χ0) is 17.9. The summed E-state index contributed by atoms with van der Waals surface area (Å²) in [4.78, 5) is 8.79. The third-order valence-electron chi connectivity index (χ3n) is 5.27. The Morgan fingerprint density at radius 3 is 2.65 bits per heavy atom. The lowest BCUT2D eigenvalue weighted by molar-refractivity contribution is 0.410. The Morgan fingerprint density at radius 1 is 1.08 bits per heavy atom. The predicted molar refractivity (Wildman–Crippen MR) is 102 cm³/mol. The zero-order valence-corrected chi connectivity index (χ0v) is 14.9. The van der Waals surface area contributed by atoms with E-state index >= 15 is 0 Å². The first-order chi connectivity index (χ1) is 12.7. The molecule has 26 heavy (non-hydrogen) atoms. The average molecular weight is 355 g/mol. The Morgan fingerprint density at radius 2 is 1.88 bits per heavy atom. The number of anilines is 2. The Balaban J connectivity index is 1.49. The van der Waals surface area contributed by atoms with Crippen molar-refractivity contribution in [1.29, 1.82) is 0 Å². The van der Waals surface area contributed by atoms with E-state index in [1.807, 2.05) is 18.2 Å². The molecule has 2 aromatic rings. The molecule has 2 heterocycles. The number of rotatable bonds is 6. The van der Waals surface area contributed by atoms with Crippen LogP contribution in [0.5, 0.6) is 0 Å². The van der Waals surface area contributed by atoms with Crippen molar-refractivity contribution in [3.05, 3.63) is 36.3 Å². The summed E-state index contributed by atoms with van der Waals surface area (Å²) in [6.07, 6.45) is 7.92. The number of halogens is 1. The van der Waals surface area contributed by atoms with E-state index < -0.39 is 0 Å². The lowest BCUT2D eigenvalue weighted by atomic mass is 9.92. The lowest BCUT2D eigenvalue weighted by Crippen LogP contribution is -2.33. The van der Waals surface area contributed by atoms with Gasteiger partial charge in [-0.2, -0.15) is 0 Å². The molecule has 2 aliphatic carbocycles. The summed E-state index contributed by atoms with van der Waals surface area (Å²) in [6.45, 7) is 0.936. The minimum absolute atomic E-state index is 0.305. The van der Waals surface area contributed by atoms with E-state index in [1.165, 1.54) is 19.0 Å². The molecule has 0 spiro atoms. The standard InChI is InChI=1S/C20H26FN5/c21-17-12-24-20(25-15-8-6-14(22)7-9-15)10-16(17)18-2-1-3-19(26-18)23-11-13-4-5-13/h1-3,10,12-15H,4-9,11,22H2,(H,23,26)(H,24,25). The third kappa shape index (κ3) is 4.30. The largest absolute Gasteiger partial charge is 0.370 e. The molecule has 2 saturated carbocycles. The summed E-state index contributed by atoms with van der Waals surface area (Å²) in [5, 5.41) is 6.77. The van der Waals surface area contributed by atoms with Crippen molar-refractivity contribution < 1.29 is 4.39 Å². The van der Waals surface area contributed by atoms with Crippen LogP contribution in [0.4, 0.5) is 16.0 Å². The topological polar surface area (TPSA) is 75.9 Å². The first-order valence-electron chi connectivity index (χ1n) is 9.56. The van der Waals surface area contributed by atoms with Crippen LogP contribution in [0.2, 0.25) is 0 Å². The van der Waals surface area contributed by atoms with Crippen molar-refractivity contribution in [2.75, 3.05) is 17.2 Å². The molecule has 2 aromatic heterocycles. The predicted octanol–water partition coefficient (Wildman–Crippen LogP) is 3.79. The van der Waals surface area contributed by atoms with E-state index in [1.54, 1.807) is 6.07 Å². The maximum atomic E-state index is 14.4. The van der Waals surface area contributed by atoms with E-state index in [0.29, 0.717) is 29.2 Å². The van der Waals surface area contributed by atoms with Gasteiger partial charge in [0, 0.05) is 24.2 Å². The first kappa shape index (κ1) is 17.2. The number of nitrogens with two attached hydrogens (primary N) is 1. The van der Waals surface area contributed by atoms with Crippen LogP contribution in [-0.2, 0) is 0 Å². The Bertz CT molecular complexity index is 754. The van der Waals surface area contributed by atoms with Gasteiger partial charge >= 0.3 is 0 Å². The molecule has 138 valence electrons. The summed E-state index contributed by atoms with van der Waals surface area (Å²) in [5.41, 5.74) is 7.07. The van der Waals surface area contributed by atoms with Gasteiger partial charge in [0.15, 0.2) is 5.82 Å². The number of pyridine rings is 2. The minimum Gasteiger partial charge on any atom is -0.370 e. The van der Waals surface area contributed by atoms with Gasteiger partial charge in [-0.05, 0) is 62.6 Å². The van der Waals surface area contributed by atoms with Gasteiger partial charge in [-0.25, -0.2) is 14.4 Å². The molecular formula is C20H26FN5. The summed E-state index contributed by atoms with van der Waals surface area (Å²) >= 11 is 0. The first-order valence-corrected chi connectivity index (χ1v) is 9.56. The van der Waals surface area contributed by atoms with Crippen LogP contribution in [-0.4, -0.2) is 28.6 Å². The van der Waals surface area contributed by atoms with Gasteiger partial charge in [0.2, 0.25) is 0 Å². The molecule has 4 N–H and O–H groups in total. The van der Waals surface area contributed by atoms with E-state index in [-0.39, 0.29) is 5.82 Å². The lowest BCUT2D eigenvalue weighted by Gasteiger charge is -2.27. The Labute approximate surface area is 153 Å². The molecule has 5 nitrogen and oxygen atoms in total. The highest BCUT2D eigenvalue weighted by atomic mass is 19.1. The second-order valence-corrected chi connectivity index (χ2v) is 7.54. The molecular weight excluding hydrogens is 329 g/mol. The fraction of sp³-hybridized carbons (Fsp3) is 0.500. The van der Waals surface area contributed by atoms with Crippen LogP contribution in [0.25, 0.3) is 11.3 Å². The van der Waals surface area contributed by atoms with Crippen molar-refractivity contribution in [2.24, 2.45) is 11.7 Å². The number of nitrogens with zero attached hydrogens (tertiary/aromatic N) is 2. The molecule has 0 atom stereocenters. The quantitative estimate of drug-likeness (QED) is 0.735. The molecule has 0 unspecified atom stereocenters. The SMILES string of the molecule is NC1CCC(Nc2cc(-c3cccc(NCC4CC4)n3)c(F)cn2)CC1. The summed E-state index contributed by atoms with van der Waals surface area (Å²) in [5.74, 6) is 1.90. The monoisotopic (exact) mass is 355 g/mol. The molecule has 6 heteroatoms. The third-order valence-corrected chi connectivity index (χ3v) is 5.27. The highest BCUT2D eigenvalue weighted by molar-refractivity contribution is 5.65.